The summed E-state index contributed by atoms with van der Waals surface area (Å²) in [6, 6.07) is 3.59. The molecule has 0 spiro atoms. The number of piperidine rings is 1. The van der Waals surface area contributed by atoms with Crippen molar-refractivity contribution in [3.63, 3.8) is 0 Å². The van der Waals surface area contributed by atoms with E-state index in [1.807, 2.05) is 19.1 Å². The molecule has 0 aromatic heterocycles. The Morgan fingerprint density at radius 3 is 2.29 bits per heavy atom. The third-order valence-corrected chi connectivity index (χ3v) is 4.21. The zero-order chi connectivity index (χ0) is 16.8. The third kappa shape index (κ3) is 4.68. The maximum atomic E-state index is 12.4. The Kier molecular flexibility index (Phi) is 8.15. The van der Waals surface area contributed by atoms with Crippen LogP contribution in [0.15, 0.2) is 12.1 Å². The number of ether oxygens (including phenoxy) is 3. The summed E-state index contributed by atoms with van der Waals surface area (Å²) in [5.74, 6) is 1.84. The highest BCUT2D eigenvalue weighted by Crippen LogP contribution is 2.39. The monoisotopic (exact) mass is 358 g/mol. The SMILES string of the molecule is COc1cc(C(C)NC(=O)C2CCCNC2)cc(OC)c1OC.Cl. The lowest BCUT2D eigenvalue weighted by molar-refractivity contribution is -0.126. The summed E-state index contributed by atoms with van der Waals surface area (Å²) in [7, 11) is 4.73. The van der Waals surface area contributed by atoms with Crippen LogP contribution in [0.1, 0.15) is 31.4 Å². The Morgan fingerprint density at radius 2 is 1.83 bits per heavy atom. The minimum absolute atomic E-state index is 0. The highest BCUT2D eigenvalue weighted by Gasteiger charge is 2.23. The van der Waals surface area contributed by atoms with E-state index < -0.39 is 0 Å². The fourth-order valence-electron chi connectivity index (χ4n) is 2.84. The van der Waals surface area contributed by atoms with Crippen LogP contribution in [0.3, 0.4) is 0 Å². The Hall–Kier alpha value is -1.66. The predicted octanol–water partition coefficient (Wildman–Crippen LogP) is 2.31. The van der Waals surface area contributed by atoms with Crippen molar-refractivity contribution in [2.75, 3.05) is 34.4 Å². The van der Waals surface area contributed by atoms with Crippen LogP contribution in [0, 0.1) is 5.92 Å². The van der Waals surface area contributed by atoms with Gasteiger partial charge in [-0.25, -0.2) is 0 Å². The molecule has 0 aliphatic carbocycles. The molecule has 1 aromatic rings. The van der Waals surface area contributed by atoms with E-state index >= 15 is 0 Å². The minimum atomic E-state index is -0.141. The maximum Gasteiger partial charge on any atom is 0.224 e. The number of carbonyl (C=O) groups is 1. The van der Waals surface area contributed by atoms with Crippen molar-refractivity contribution < 1.29 is 19.0 Å². The molecule has 136 valence electrons. The first-order valence-corrected chi connectivity index (χ1v) is 7.91. The van der Waals surface area contributed by atoms with Crippen molar-refractivity contribution in [3.8, 4) is 17.2 Å². The highest BCUT2D eigenvalue weighted by molar-refractivity contribution is 5.85. The van der Waals surface area contributed by atoms with Crippen molar-refractivity contribution in [1.82, 2.24) is 10.6 Å². The van der Waals surface area contributed by atoms with Gasteiger partial charge in [-0.15, -0.1) is 12.4 Å². The first-order chi connectivity index (χ1) is 11.1. The molecular weight excluding hydrogens is 332 g/mol. The number of hydrogen-bond acceptors (Lipinski definition) is 5. The molecule has 2 unspecified atom stereocenters. The quantitative estimate of drug-likeness (QED) is 0.816. The fraction of sp³-hybridized carbons (Fsp3) is 0.588. The molecular formula is C17H27ClN2O4. The summed E-state index contributed by atoms with van der Waals surface area (Å²) in [6.45, 7) is 3.69. The van der Waals surface area contributed by atoms with Gasteiger partial charge in [0, 0.05) is 6.54 Å². The molecule has 7 heteroatoms. The molecule has 24 heavy (non-hydrogen) atoms. The van der Waals surface area contributed by atoms with E-state index in [0.29, 0.717) is 17.2 Å². The van der Waals surface area contributed by atoms with E-state index in [2.05, 4.69) is 10.6 Å². The van der Waals surface area contributed by atoms with Gasteiger partial charge >= 0.3 is 0 Å². The van der Waals surface area contributed by atoms with Crippen LogP contribution in [0.2, 0.25) is 0 Å². The maximum absolute atomic E-state index is 12.4. The minimum Gasteiger partial charge on any atom is -0.493 e. The normalized spacial score (nSPS) is 18.1. The fourth-order valence-corrected chi connectivity index (χ4v) is 2.84. The van der Waals surface area contributed by atoms with Gasteiger partial charge in [-0.2, -0.15) is 0 Å². The molecule has 0 bridgehead atoms. The molecule has 1 aliphatic heterocycles. The van der Waals surface area contributed by atoms with E-state index in [4.69, 9.17) is 14.2 Å². The molecule has 6 nitrogen and oxygen atoms in total. The lowest BCUT2D eigenvalue weighted by atomic mass is 9.98. The summed E-state index contributed by atoms with van der Waals surface area (Å²) in [5, 5.41) is 6.34. The molecule has 1 fully saturated rings. The number of benzene rings is 1. The van der Waals surface area contributed by atoms with Crippen LogP contribution in [-0.4, -0.2) is 40.3 Å². The molecule has 1 amide bonds. The second-order valence-electron chi connectivity index (χ2n) is 5.73. The molecule has 1 aliphatic rings. The summed E-state index contributed by atoms with van der Waals surface area (Å²) in [5.41, 5.74) is 0.914. The lowest BCUT2D eigenvalue weighted by Gasteiger charge is -2.24. The Labute approximate surface area is 149 Å². The molecule has 2 N–H and O–H groups in total. The van der Waals surface area contributed by atoms with Gasteiger partial charge in [-0.05, 0) is 44.0 Å². The van der Waals surface area contributed by atoms with Crippen LogP contribution in [0.5, 0.6) is 17.2 Å². The molecule has 0 radical (unpaired) electrons. The first-order valence-electron chi connectivity index (χ1n) is 7.91. The number of nitrogens with one attached hydrogen (secondary N) is 2. The number of halogens is 1. The predicted molar refractivity (Wildman–Crippen MR) is 95.5 cm³/mol. The third-order valence-electron chi connectivity index (χ3n) is 4.21. The molecule has 1 aromatic carbocycles. The molecule has 1 heterocycles. The standard InChI is InChI=1S/C17H26N2O4.ClH/c1-11(19-17(20)12-6-5-7-18-10-12)13-8-14(21-2)16(23-4)15(9-13)22-3;/h8-9,11-12,18H,5-7,10H2,1-4H3,(H,19,20);1H. The average Bonchev–Trinajstić information content (AvgIpc) is 2.60. The van der Waals surface area contributed by atoms with E-state index in [1.54, 1.807) is 21.3 Å². The van der Waals surface area contributed by atoms with Crippen LogP contribution >= 0.6 is 12.4 Å². The van der Waals surface area contributed by atoms with E-state index in [9.17, 15) is 4.79 Å². The van der Waals surface area contributed by atoms with Crippen LogP contribution in [0.4, 0.5) is 0 Å². The van der Waals surface area contributed by atoms with Crippen molar-refractivity contribution in [2.45, 2.75) is 25.8 Å². The van der Waals surface area contributed by atoms with Gasteiger partial charge in [0.15, 0.2) is 11.5 Å². The van der Waals surface area contributed by atoms with Crippen LogP contribution in [-0.2, 0) is 4.79 Å². The van der Waals surface area contributed by atoms with Gasteiger partial charge in [0.2, 0.25) is 11.7 Å². The summed E-state index contributed by atoms with van der Waals surface area (Å²) >= 11 is 0. The zero-order valence-corrected chi connectivity index (χ0v) is 15.5. The molecule has 0 saturated carbocycles. The molecule has 2 atom stereocenters. The van der Waals surface area contributed by atoms with Gasteiger partial charge in [-0.1, -0.05) is 0 Å². The van der Waals surface area contributed by atoms with Crippen molar-refractivity contribution in [3.05, 3.63) is 17.7 Å². The second kappa shape index (κ2) is 9.59. The van der Waals surface area contributed by atoms with Crippen molar-refractivity contribution >= 4 is 18.3 Å². The summed E-state index contributed by atoms with van der Waals surface area (Å²) in [4.78, 5) is 12.4. The smallest absolute Gasteiger partial charge is 0.224 e. The molecule has 1 saturated heterocycles. The van der Waals surface area contributed by atoms with Crippen molar-refractivity contribution in [1.29, 1.82) is 0 Å². The number of rotatable bonds is 6. The van der Waals surface area contributed by atoms with Crippen molar-refractivity contribution in [2.24, 2.45) is 5.92 Å². The van der Waals surface area contributed by atoms with Gasteiger partial charge < -0.3 is 24.8 Å². The average molecular weight is 359 g/mol. The van der Waals surface area contributed by atoms with Gasteiger partial charge in [0.05, 0.1) is 33.3 Å². The Balaban J connectivity index is 0.00000288. The van der Waals surface area contributed by atoms with Gasteiger partial charge in [0.25, 0.3) is 0 Å². The Morgan fingerprint density at radius 1 is 1.21 bits per heavy atom. The first kappa shape index (κ1) is 20.4. The van der Waals surface area contributed by atoms with Crippen LogP contribution < -0.4 is 24.8 Å². The Bertz CT molecular complexity index is 522. The molecule has 2 rings (SSSR count). The zero-order valence-electron chi connectivity index (χ0n) is 14.7. The summed E-state index contributed by atoms with van der Waals surface area (Å²) < 4.78 is 16.0. The van der Waals surface area contributed by atoms with E-state index in [0.717, 1.165) is 31.5 Å². The second-order valence-corrected chi connectivity index (χ2v) is 5.73. The number of methoxy groups -OCH3 is 3. The van der Waals surface area contributed by atoms with Gasteiger partial charge in [-0.3, -0.25) is 4.79 Å². The number of hydrogen-bond donors (Lipinski definition) is 2. The van der Waals surface area contributed by atoms with E-state index in [-0.39, 0.29) is 30.3 Å². The number of carbonyl (C=O) groups excluding carboxylic acids is 1. The van der Waals surface area contributed by atoms with E-state index in [1.165, 1.54) is 0 Å². The van der Waals surface area contributed by atoms with Gasteiger partial charge in [0.1, 0.15) is 0 Å². The largest absolute Gasteiger partial charge is 0.493 e. The summed E-state index contributed by atoms with van der Waals surface area (Å²) in [6.07, 6.45) is 1.97. The van der Waals surface area contributed by atoms with Crippen LogP contribution in [0.25, 0.3) is 0 Å². The lowest BCUT2D eigenvalue weighted by Crippen LogP contribution is -2.41. The topological polar surface area (TPSA) is 68.8 Å². The highest BCUT2D eigenvalue weighted by atomic mass is 35.5. The number of amides is 1.